The second kappa shape index (κ2) is 9.93. The average Bonchev–Trinajstić information content (AvgIpc) is 3.35. The third-order valence-electron chi connectivity index (χ3n) is 5.99. The van der Waals surface area contributed by atoms with Gasteiger partial charge in [-0.1, -0.05) is 37.3 Å². The number of nitrogens with zero attached hydrogens (tertiary/aromatic N) is 3. The molecule has 176 valence electrons. The largest absolute Gasteiger partial charge is 0.484 e. The summed E-state index contributed by atoms with van der Waals surface area (Å²) in [6.07, 6.45) is 2.77. The third kappa shape index (κ3) is 5.14. The highest BCUT2D eigenvalue weighted by molar-refractivity contribution is 5.93. The Kier molecular flexibility index (Phi) is 6.39. The maximum Gasteiger partial charge on any atom is 0.258 e. The first-order valence-corrected chi connectivity index (χ1v) is 11.8. The van der Waals surface area contributed by atoms with E-state index in [2.05, 4.69) is 27.8 Å². The molecule has 2 N–H and O–H groups in total. The predicted molar refractivity (Wildman–Crippen MR) is 139 cm³/mol. The summed E-state index contributed by atoms with van der Waals surface area (Å²) < 4.78 is 5.74. The molecule has 1 aliphatic heterocycles. The van der Waals surface area contributed by atoms with Crippen molar-refractivity contribution >= 4 is 34.5 Å². The molecule has 0 saturated carbocycles. The lowest BCUT2D eigenvalue weighted by molar-refractivity contribution is -0.123. The molecule has 0 unspecified atom stereocenters. The van der Waals surface area contributed by atoms with Crippen LogP contribution in [0.15, 0.2) is 71.7 Å². The summed E-state index contributed by atoms with van der Waals surface area (Å²) in [5.41, 5.74) is 4.92. The monoisotopic (exact) mass is 465 g/mol. The minimum absolute atomic E-state index is 0.0409. The molecule has 2 heterocycles. The average molecular weight is 466 g/mol. The lowest BCUT2D eigenvalue weighted by atomic mass is 10.1. The van der Waals surface area contributed by atoms with E-state index in [1.54, 1.807) is 0 Å². The predicted octanol–water partition coefficient (Wildman–Crippen LogP) is 5.27. The van der Waals surface area contributed by atoms with Crippen LogP contribution in [0.2, 0.25) is 0 Å². The lowest BCUT2D eigenvalue weighted by Crippen LogP contribution is -2.35. The summed E-state index contributed by atoms with van der Waals surface area (Å²) >= 11 is 0. The number of amides is 1. The summed E-state index contributed by atoms with van der Waals surface area (Å²) in [5.74, 6) is 1.74. The van der Waals surface area contributed by atoms with Gasteiger partial charge < -0.3 is 15.4 Å². The Bertz CT molecular complexity index is 1420. The maximum absolute atomic E-state index is 12.1. The highest BCUT2D eigenvalue weighted by atomic mass is 16.5. The summed E-state index contributed by atoms with van der Waals surface area (Å²) in [6.45, 7) is 4.69. The van der Waals surface area contributed by atoms with Gasteiger partial charge in [0.15, 0.2) is 12.4 Å². The van der Waals surface area contributed by atoms with Crippen molar-refractivity contribution in [3.63, 3.8) is 0 Å². The lowest BCUT2D eigenvalue weighted by Gasteiger charge is -2.13. The Hall–Kier alpha value is -4.26. The molecule has 5 rings (SSSR count). The number of nitrogens with one attached hydrogen (secondary N) is 2. The molecule has 1 amide bonds. The van der Waals surface area contributed by atoms with E-state index in [4.69, 9.17) is 14.7 Å². The van der Waals surface area contributed by atoms with Crippen molar-refractivity contribution in [1.82, 2.24) is 15.3 Å². The Morgan fingerprint density at radius 1 is 1.06 bits per heavy atom. The molecule has 4 aromatic rings. The van der Waals surface area contributed by atoms with Gasteiger partial charge in [0.05, 0.1) is 12.1 Å². The number of carbonyl (C=O) groups excluding carboxylic acids is 1. The second-order valence-corrected chi connectivity index (χ2v) is 8.61. The molecule has 7 nitrogen and oxygen atoms in total. The van der Waals surface area contributed by atoms with Crippen LogP contribution in [-0.4, -0.2) is 34.7 Å². The van der Waals surface area contributed by atoms with E-state index >= 15 is 0 Å². The van der Waals surface area contributed by atoms with Gasteiger partial charge >= 0.3 is 0 Å². The summed E-state index contributed by atoms with van der Waals surface area (Å²) in [4.78, 5) is 26.1. The first kappa shape index (κ1) is 22.5. The summed E-state index contributed by atoms with van der Waals surface area (Å²) in [7, 11) is 0. The van der Waals surface area contributed by atoms with E-state index in [0.717, 1.165) is 46.5 Å². The van der Waals surface area contributed by atoms with Crippen molar-refractivity contribution in [1.29, 1.82) is 0 Å². The molecule has 0 aliphatic carbocycles. The zero-order chi connectivity index (χ0) is 24.2. The van der Waals surface area contributed by atoms with Gasteiger partial charge in [0.25, 0.3) is 5.91 Å². The number of aromatic nitrogens is 2. The molecular formula is C28H27N5O2. The Morgan fingerprint density at radius 2 is 1.94 bits per heavy atom. The molecule has 1 aromatic heterocycles. The normalized spacial score (nSPS) is 12.9. The fourth-order valence-corrected chi connectivity index (χ4v) is 3.91. The standard InChI is InChI=1S/C28H27N5O2/c1-3-18(2)30-26(34)17-35-23-8-6-7-19(14-23)27-32-25-10-5-4-9-24(25)28(33-27)31-22-12-11-20-15-29-16-21(20)13-22/h4-14,16,18H,3,15,17H2,1-2H3,(H,30,34)(H,31,32,33)/t18-/m1/s1. The van der Waals surface area contributed by atoms with Crippen molar-refractivity contribution in [2.45, 2.75) is 32.9 Å². The van der Waals surface area contributed by atoms with Crippen LogP contribution in [-0.2, 0) is 11.3 Å². The highest BCUT2D eigenvalue weighted by Gasteiger charge is 2.13. The number of ether oxygens (including phenoxy) is 1. The molecule has 3 aromatic carbocycles. The minimum atomic E-state index is -0.141. The Morgan fingerprint density at radius 3 is 2.83 bits per heavy atom. The molecule has 0 saturated heterocycles. The van der Waals surface area contributed by atoms with Crippen LogP contribution in [0.3, 0.4) is 0 Å². The first-order chi connectivity index (χ1) is 17.1. The number of benzene rings is 3. The van der Waals surface area contributed by atoms with Crippen molar-refractivity contribution in [3.05, 3.63) is 77.9 Å². The Balaban J connectivity index is 1.42. The number of para-hydroxylation sites is 1. The summed E-state index contributed by atoms with van der Waals surface area (Å²) in [6, 6.07) is 21.8. The smallest absolute Gasteiger partial charge is 0.258 e. The van der Waals surface area contributed by atoms with Crippen molar-refractivity contribution in [2.24, 2.45) is 4.99 Å². The van der Waals surface area contributed by atoms with Crippen molar-refractivity contribution < 1.29 is 9.53 Å². The number of anilines is 2. The summed E-state index contributed by atoms with van der Waals surface area (Å²) in [5, 5.41) is 7.31. The first-order valence-electron chi connectivity index (χ1n) is 11.8. The van der Waals surface area contributed by atoms with Gasteiger partial charge in [0.1, 0.15) is 11.6 Å². The van der Waals surface area contributed by atoms with Gasteiger partial charge in [-0.2, -0.15) is 0 Å². The fraction of sp³-hybridized carbons (Fsp3) is 0.214. The van der Waals surface area contributed by atoms with Crippen LogP contribution in [0, 0.1) is 0 Å². The fourth-order valence-electron chi connectivity index (χ4n) is 3.91. The van der Waals surface area contributed by atoms with Crippen molar-refractivity contribution in [2.75, 3.05) is 11.9 Å². The molecular weight excluding hydrogens is 438 g/mol. The molecule has 35 heavy (non-hydrogen) atoms. The Labute approximate surface area is 204 Å². The minimum Gasteiger partial charge on any atom is -0.484 e. The number of hydrogen-bond donors (Lipinski definition) is 2. The van der Waals surface area contributed by atoms with Gasteiger partial charge in [-0.3, -0.25) is 9.79 Å². The molecule has 0 bridgehead atoms. The zero-order valence-corrected chi connectivity index (χ0v) is 19.8. The maximum atomic E-state index is 12.1. The van der Waals surface area contributed by atoms with Crippen molar-refractivity contribution in [3.8, 4) is 17.1 Å². The van der Waals surface area contributed by atoms with E-state index in [9.17, 15) is 4.79 Å². The molecule has 0 radical (unpaired) electrons. The zero-order valence-electron chi connectivity index (χ0n) is 19.8. The van der Waals surface area contributed by atoms with Gasteiger partial charge in [-0.15, -0.1) is 0 Å². The van der Waals surface area contributed by atoms with Crippen LogP contribution in [0.5, 0.6) is 5.75 Å². The van der Waals surface area contributed by atoms with Crippen LogP contribution in [0.1, 0.15) is 31.4 Å². The van der Waals surface area contributed by atoms with Crippen LogP contribution >= 0.6 is 0 Å². The van der Waals surface area contributed by atoms with Crippen LogP contribution in [0.25, 0.3) is 22.3 Å². The number of rotatable bonds is 8. The third-order valence-corrected chi connectivity index (χ3v) is 5.99. The number of hydrogen-bond acceptors (Lipinski definition) is 6. The topological polar surface area (TPSA) is 88.5 Å². The highest BCUT2D eigenvalue weighted by Crippen LogP contribution is 2.29. The SMILES string of the molecule is CC[C@@H](C)NC(=O)COc1cccc(-c2nc(Nc3ccc4c(c3)C=NC4)c3ccccc3n2)c1. The second-order valence-electron chi connectivity index (χ2n) is 8.61. The van der Waals surface area contributed by atoms with E-state index in [-0.39, 0.29) is 18.6 Å². The number of carbonyl (C=O) groups is 1. The van der Waals surface area contributed by atoms with Crippen LogP contribution < -0.4 is 15.4 Å². The van der Waals surface area contributed by atoms with E-state index in [0.29, 0.717) is 11.6 Å². The van der Waals surface area contributed by atoms with Gasteiger partial charge in [0, 0.05) is 28.9 Å². The van der Waals surface area contributed by atoms with E-state index in [1.165, 1.54) is 5.56 Å². The van der Waals surface area contributed by atoms with E-state index in [1.807, 2.05) is 74.7 Å². The van der Waals surface area contributed by atoms with Crippen LogP contribution in [0.4, 0.5) is 11.5 Å². The van der Waals surface area contributed by atoms with Gasteiger partial charge in [-0.25, -0.2) is 9.97 Å². The van der Waals surface area contributed by atoms with E-state index < -0.39 is 0 Å². The number of fused-ring (bicyclic) bond motifs is 2. The molecule has 0 fully saturated rings. The molecule has 1 atom stereocenters. The molecule has 1 aliphatic rings. The molecule has 0 spiro atoms. The number of aliphatic imine (C=N–C) groups is 1. The van der Waals surface area contributed by atoms with Gasteiger partial charge in [-0.05, 0) is 60.9 Å². The quantitative estimate of drug-likeness (QED) is 0.370. The van der Waals surface area contributed by atoms with Gasteiger partial charge in [0.2, 0.25) is 0 Å². The molecule has 7 heteroatoms.